The fourth-order valence-electron chi connectivity index (χ4n) is 1.23. The van der Waals surface area contributed by atoms with Crippen molar-refractivity contribution in [1.82, 2.24) is 9.97 Å². The summed E-state index contributed by atoms with van der Waals surface area (Å²) >= 11 is 0. The predicted molar refractivity (Wildman–Crippen MR) is 58.3 cm³/mol. The predicted octanol–water partition coefficient (Wildman–Crippen LogP) is 1.26. The molecule has 0 aliphatic rings. The van der Waals surface area contributed by atoms with Gasteiger partial charge in [-0.2, -0.15) is 0 Å². The summed E-state index contributed by atoms with van der Waals surface area (Å²) in [6.07, 6.45) is 2.32. The number of para-hydroxylation sites is 1. The number of aromatic amines is 1. The molecule has 0 aliphatic heterocycles. The lowest BCUT2D eigenvalue weighted by molar-refractivity contribution is 0.0694. The van der Waals surface area contributed by atoms with Crippen LogP contribution in [0.3, 0.4) is 0 Å². The normalized spacial score (nSPS) is 9.88. The lowest BCUT2D eigenvalue weighted by Crippen LogP contribution is -2.05. The van der Waals surface area contributed by atoms with Crippen LogP contribution in [-0.2, 0) is 0 Å². The Hall–Kier alpha value is -2.63. The minimum absolute atomic E-state index is 0.0282. The molecular weight excluding hydrogens is 224 g/mol. The molecule has 0 atom stereocenters. The molecule has 2 N–H and O–H groups in total. The summed E-state index contributed by atoms with van der Waals surface area (Å²) in [5.41, 5.74) is -0.329. The van der Waals surface area contributed by atoms with Gasteiger partial charge in [0, 0.05) is 0 Å². The fourth-order valence-corrected chi connectivity index (χ4v) is 1.23. The third-order valence-corrected chi connectivity index (χ3v) is 1.98. The number of ether oxygens (including phenoxy) is 1. The smallest absolute Gasteiger partial charge is 0.339 e. The van der Waals surface area contributed by atoms with Crippen LogP contribution in [0.1, 0.15) is 10.4 Å². The minimum Gasteiger partial charge on any atom is -0.478 e. The van der Waals surface area contributed by atoms with E-state index in [0.29, 0.717) is 0 Å². The van der Waals surface area contributed by atoms with Crippen LogP contribution in [-0.4, -0.2) is 21.0 Å². The molecule has 17 heavy (non-hydrogen) atoms. The van der Waals surface area contributed by atoms with Crippen LogP contribution in [0.2, 0.25) is 0 Å². The van der Waals surface area contributed by atoms with Crippen LogP contribution in [0.15, 0.2) is 41.5 Å². The van der Waals surface area contributed by atoms with Crippen LogP contribution < -0.4 is 10.3 Å². The van der Waals surface area contributed by atoms with Crippen molar-refractivity contribution < 1.29 is 14.6 Å². The molecule has 6 heteroatoms. The summed E-state index contributed by atoms with van der Waals surface area (Å²) in [5, 5.41) is 8.93. The molecule has 2 aromatic rings. The molecule has 1 aromatic carbocycles. The van der Waals surface area contributed by atoms with Crippen molar-refractivity contribution in [3.8, 4) is 11.6 Å². The molecule has 0 aliphatic carbocycles. The number of carboxylic acids is 1. The second kappa shape index (κ2) is 4.48. The zero-order chi connectivity index (χ0) is 12.3. The summed E-state index contributed by atoms with van der Waals surface area (Å²) in [5.74, 6) is -0.803. The van der Waals surface area contributed by atoms with E-state index in [1.54, 1.807) is 12.1 Å². The Bertz CT molecular complexity index is 586. The Morgan fingerprint density at radius 2 is 2.12 bits per heavy atom. The summed E-state index contributed by atoms with van der Waals surface area (Å²) in [4.78, 5) is 27.8. The van der Waals surface area contributed by atoms with Gasteiger partial charge >= 0.3 is 5.97 Å². The van der Waals surface area contributed by atoms with Gasteiger partial charge in [-0.1, -0.05) is 12.1 Å². The molecule has 86 valence electrons. The van der Waals surface area contributed by atoms with Crippen molar-refractivity contribution in [2.75, 3.05) is 0 Å². The van der Waals surface area contributed by atoms with E-state index in [-0.39, 0.29) is 22.8 Å². The Kier molecular flexibility index (Phi) is 2.87. The number of benzene rings is 1. The van der Waals surface area contributed by atoms with E-state index in [4.69, 9.17) is 9.84 Å². The van der Waals surface area contributed by atoms with Crippen molar-refractivity contribution in [3.63, 3.8) is 0 Å². The quantitative estimate of drug-likeness (QED) is 0.831. The molecule has 0 saturated carbocycles. The average Bonchev–Trinajstić information content (AvgIpc) is 2.32. The zero-order valence-corrected chi connectivity index (χ0v) is 8.58. The van der Waals surface area contributed by atoms with Gasteiger partial charge in [-0.05, 0) is 12.1 Å². The topological polar surface area (TPSA) is 92.3 Å². The van der Waals surface area contributed by atoms with Crippen molar-refractivity contribution in [2.24, 2.45) is 0 Å². The Morgan fingerprint density at radius 3 is 2.76 bits per heavy atom. The highest BCUT2D eigenvalue weighted by atomic mass is 16.5. The fraction of sp³-hybridized carbons (Fsp3) is 0. The van der Waals surface area contributed by atoms with E-state index in [2.05, 4.69) is 9.97 Å². The van der Waals surface area contributed by atoms with Gasteiger partial charge in [0.1, 0.15) is 11.3 Å². The van der Waals surface area contributed by atoms with Crippen LogP contribution in [0, 0.1) is 0 Å². The molecule has 0 radical (unpaired) electrons. The Balaban J connectivity index is 2.33. The van der Waals surface area contributed by atoms with Gasteiger partial charge in [0.2, 0.25) is 5.88 Å². The maximum Gasteiger partial charge on any atom is 0.339 e. The molecule has 0 spiro atoms. The first-order valence-corrected chi connectivity index (χ1v) is 4.72. The van der Waals surface area contributed by atoms with E-state index >= 15 is 0 Å². The largest absolute Gasteiger partial charge is 0.478 e. The SMILES string of the molecule is O=C(O)c1ccccc1Oc1c[nH]c(=O)cn1. The van der Waals surface area contributed by atoms with E-state index in [9.17, 15) is 9.59 Å². The molecule has 0 fully saturated rings. The van der Waals surface area contributed by atoms with E-state index in [0.717, 1.165) is 6.20 Å². The number of nitrogens with one attached hydrogen (secondary N) is 1. The maximum atomic E-state index is 10.9. The number of hydrogen-bond donors (Lipinski definition) is 2. The highest BCUT2D eigenvalue weighted by Crippen LogP contribution is 2.22. The Labute approximate surface area is 95.5 Å². The summed E-state index contributed by atoms with van der Waals surface area (Å²) in [6.45, 7) is 0. The number of H-pyrrole nitrogens is 1. The molecule has 1 aromatic heterocycles. The number of carboxylic acid groups (broad SMARTS) is 1. The lowest BCUT2D eigenvalue weighted by Gasteiger charge is -2.06. The van der Waals surface area contributed by atoms with Gasteiger partial charge < -0.3 is 14.8 Å². The summed E-state index contributed by atoms with van der Waals surface area (Å²) in [6, 6.07) is 6.17. The summed E-state index contributed by atoms with van der Waals surface area (Å²) in [7, 11) is 0. The van der Waals surface area contributed by atoms with Gasteiger partial charge in [-0.15, -0.1) is 0 Å². The van der Waals surface area contributed by atoms with E-state index < -0.39 is 5.97 Å². The van der Waals surface area contributed by atoms with Crippen molar-refractivity contribution in [3.05, 3.63) is 52.6 Å². The highest BCUT2D eigenvalue weighted by molar-refractivity contribution is 5.90. The molecule has 0 saturated heterocycles. The van der Waals surface area contributed by atoms with Crippen molar-refractivity contribution in [1.29, 1.82) is 0 Å². The van der Waals surface area contributed by atoms with Gasteiger partial charge in [-0.3, -0.25) is 4.79 Å². The Morgan fingerprint density at radius 1 is 1.35 bits per heavy atom. The van der Waals surface area contributed by atoms with Crippen molar-refractivity contribution in [2.45, 2.75) is 0 Å². The minimum atomic E-state index is -1.09. The average molecular weight is 232 g/mol. The van der Waals surface area contributed by atoms with E-state index in [1.807, 2.05) is 0 Å². The molecule has 0 bridgehead atoms. The third kappa shape index (κ3) is 2.49. The number of hydrogen-bond acceptors (Lipinski definition) is 4. The lowest BCUT2D eigenvalue weighted by atomic mass is 10.2. The van der Waals surface area contributed by atoms with Crippen LogP contribution >= 0.6 is 0 Å². The standard InChI is InChI=1S/C11H8N2O4/c14-9-5-13-10(6-12-9)17-8-4-2-1-3-7(8)11(15)16/h1-6H,(H,12,14)(H,15,16). The number of aromatic carboxylic acids is 1. The van der Waals surface area contributed by atoms with Gasteiger partial charge in [0.25, 0.3) is 5.56 Å². The first-order chi connectivity index (χ1) is 8.16. The van der Waals surface area contributed by atoms with Crippen molar-refractivity contribution >= 4 is 5.97 Å². The van der Waals surface area contributed by atoms with E-state index in [1.165, 1.54) is 18.3 Å². The van der Waals surface area contributed by atoms with Crippen LogP contribution in [0.5, 0.6) is 11.6 Å². The van der Waals surface area contributed by atoms with Crippen LogP contribution in [0.4, 0.5) is 0 Å². The first-order valence-electron chi connectivity index (χ1n) is 4.72. The zero-order valence-electron chi connectivity index (χ0n) is 8.58. The maximum absolute atomic E-state index is 10.9. The van der Waals surface area contributed by atoms with Crippen LogP contribution in [0.25, 0.3) is 0 Å². The monoisotopic (exact) mass is 232 g/mol. The molecular formula is C11H8N2O4. The third-order valence-electron chi connectivity index (χ3n) is 1.98. The molecule has 6 nitrogen and oxygen atoms in total. The van der Waals surface area contributed by atoms with Gasteiger partial charge in [0.05, 0.1) is 12.4 Å². The molecule has 0 unspecified atom stereocenters. The molecule has 1 heterocycles. The summed E-state index contributed by atoms with van der Waals surface area (Å²) < 4.78 is 5.26. The molecule has 2 rings (SSSR count). The number of nitrogens with zero attached hydrogens (tertiary/aromatic N) is 1. The number of carbonyl (C=O) groups is 1. The number of aromatic nitrogens is 2. The van der Waals surface area contributed by atoms with Gasteiger partial charge in [0.15, 0.2) is 0 Å². The molecule has 0 amide bonds. The second-order valence-electron chi connectivity index (χ2n) is 3.15. The highest BCUT2D eigenvalue weighted by Gasteiger charge is 2.11. The second-order valence-corrected chi connectivity index (χ2v) is 3.15. The number of rotatable bonds is 3. The first kappa shape index (κ1) is 10.9. The van der Waals surface area contributed by atoms with Gasteiger partial charge in [-0.25, -0.2) is 9.78 Å².